The van der Waals surface area contributed by atoms with Crippen LogP contribution in [0.4, 0.5) is 11.4 Å². The molecular formula is C35H44ClN7. The number of unbranched alkanes of at least 4 members (excludes halogenated alkanes) is 3. The first kappa shape index (κ1) is 29.5. The van der Waals surface area contributed by atoms with E-state index in [2.05, 4.69) is 99.3 Å². The number of nitrogens with zero attached hydrogens (tertiary/aromatic N) is 5. The number of halogens is 1. The van der Waals surface area contributed by atoms with E-state index >= 15 is 0 Å². The molecule has 226 valence electrons. The molecule has 1 fully saturated rings. The number of piperazine rings is 1. The average molecular weight is 598 g/mol. The minimum atomic E-state index is 0.657. The van der Waals surface area contributed by atoms with Gasteiger partial charge in [0.2, 0.25) is 0 Å². The van der Waals surface area contributed by atoms with Gasteiger partial charge in [-0.2, -0.15) is 0 Å². The summed E-state index contributed by atoms with van der Waals surface area (Å²) in [6, 6.07) is 21.9. The van der Waals surface area contributed by atoms with Gasteiger partial charge in [-0.1, -0.05) is 31.0 Å². The van der Waals surface area contributed by atoms with E-state index in [4.69, 9.17) is 21.6 Å². The largest absolute Gasteiger partial charge is 0.371 e. The van der Waals surface area contributed by atoms with Crippen LogP contribution in [0.25, 0.3) is 33.5 Å². The van der Waals surface area contributed by atoms with Crippen molar-refractivity contribution in [3.05, 3.63) is 72.1 Å². The molecule has 2 N–H and O–H groups in total. The number of anilines is 2. The van der Waals surface area contributed by atoms with Crippen LogP contribution < -0.4 is 9.80 Å². The highest BCUT2D eigenvalue weighted by atomic mass is 35.5. The molecule has 8 heteroatoms. The molecule has 5 aromatic rings. The van der Waals surface area contributed by atoms with E-state index in [1.807, 2.05) is 0 Å². The van der Waals surface area contributed by atoms with Crippen molar-refractivity contribution in [2.45, 2.75) is 45.4 Å². The third-order valence-electron chi connectivity index (χ3n) is 8.82. The zero-order valence-electron chi connectivity index (χ0n) is 25.6. The standard InChI is InChI=1S/C35H44ClN7/c1-3-42(20-19-36)27-15-13-26(14-16-27)9-6-4-5-7-12-33-37-31-11-8-10-29(34(31)40-33)35-38-30-18-17-28(25-32(30)39-35)43-23-21-41(2)22-24-43/h8,10-11,13-18,25H,3-7,9,12,19-24H2,1-2H3,(H,37,40)(H,38,39). The van der Waals surface area contributed by atoms with Crippen LogP contribution in [-0.2, 0) is 12.8 Å². The summed E-state index contributed by atoms with van der Waals surface area (Å²) in [6.45, 7) is 8.35. The Bertz CT molecular complexity index is 1610. The average Bonchev–Trinajstić information content (AvgIpc) is 3.66. The SMILES string of the molecule is CCN(CCCl)c1ccc(CCCCCCc2nc3c(-c4nc5ccc(N6CCN(C)CC6)cc5[nH]4)cccc3[nH]2)cc1. The topological polar surface area (TPSA) is 67.1 Å². The Balaban J connectivity index is 1.03. The van der Waals surface area contributed by atoms with E-state index in [9.17, 15) is 0 Å². The number of aromatic nitrogens is 4. The molecule has 43 heavy (non-hydrogen) atoms. The zero-order valence-corrected chi connectivity index (χ0v) is 26.3. The molecule has 1 aliphatic rings. The van der Waals surface area contributed by atoms with E-state index in [0.29, 0.717) is 5.88 Å². The molecule has 3 heterocycles. The van der Waals surface area contributed by atoms with Crippen molar-refractivity contribution in [2.75, 3.05) is 62.0 Å². The number of alkyl halides is 1. The van der Waals surface area contributed by atoms with Crippen LogP contribution in [0, 0.1) is 0 Å². The van der Waals surface area contributed by atoms with Crippen LogP contribution in [0.5, 0.6) is 0 Å². The number of aryl methyl sites for hydroxylation is 2. The highest BCUT2D eigenvalue weighted by Gasteiger charge is 2.17. The molecule has 2 aromatic heterocycles. The second-order valence-electron chi connectivity index (χ2n) is 11.8. The first-order chi connectivity index (χ1) is 21.1. The number of hydrogen-bond donors (Lipinski definition) is 2. The summed E-state index contributed by atoms with van der Waals surface area (Å²) in [5.74, 6) is 2.59. The van der Waals surface area contributed by atoms with Gasteiger partial charge >= 0.3 is 0 Å². The quantitative estimate of drug-likeness (QED) is 0.110. The Hall–Kier alpha value is -3.55. The molecule has 0 saturated carbocycles. The van der Waals surface area contributed by atoms with Gasteiger partial charge in [-0.25, -0.2) is 9.97 Å². The molecule has 0 radical (unpaired) electrons. The fraction of sp³-hybridized carbons (Fsp3) is 0.429. The van der Waals surface area contributed by atoms with Crippen molar-refractivity contribution in [3.8, 4) is 11.4 Å². The predicted molar refractivity (Wildman–Crippen MR) is 182 cm³/mol. The van der Waals surface area contributed by atoms with Gasteiger partial charge in [0.05, 0.1) is 22.1 Å². The first-order valence-corrected chi connectivity index (χ1v) is 16.5. The lowest BCUT2D eigenvalue weighted by molar-refractivity contribution is 0.313. The van der Waals surface area contributed by atoms with Crippen LogP contribution in [0.15, 0.2) is 60.7 Å². The van der Waals surface area contributed by atoms with E-state index in [0.717, 1.165) is 97.8 Å². The molecule has 1 aliphatic heterocycles. The summed E-state index contributed by atoms with van der Waals surface area (Å²) in [4.78, 5) is 24.3. The van der Waals surface area contributed by atoms with E-state index in [-0.39, 0.29) is 0 Å². The predicted octanol–water partition coefficient (Wildman–Crippen LogP) is 7.27. The molecule has 1 saturated heterocycles. The fourth-order valence-electron chi connectivity index (χ4n) is 6.20. The summed E-state index contributed by atoms with van der Waals surface area (Å²) < 4.78 is 0. The lowest BCUT2D eigenvalue weighted by Crippen LogP contribution is -2.44. The van der Waals surface area contributed by atoms with Gasteiger partial charge in [-0.05, 0) is 81.3 Å². The lowest BCUT2D eigenvalue weighted by Gasteiger charge is -2.34. The van der Waals surface area contributed by atoms with Gasteiger partial charge < -0.3 is 24.7 Å². The smallest absolute Gasteiger partial charge is 0.140 e. The van der Waals surface area contributed by atoms with Gasteiger partial charge in [0.25, 0.3) is 0 Å². The Labute approximate surface area is 260 Å². The number of aromatic amines is 2. The van der Waals surface area contributed by atoms with Crippen molar-refractivity contribution in [2.24, 2.45) is 0 Å². The van der Waals surface area contributed by atoms with E-state index < -0.39 is 0 Å². The highest BCUT2D eigenvalue weighted by Crippen LogP contribution is 2.29. The van der Waals surface area contributed by atoms with Crippen molar-refractivity contribution in [3.63, 3.8) is 0 Å². The van der Waals surface area contributed by atoms with Gasteiger partial charge in [0, 0.05) is 68.5 Å². The Morgan fingerprint density at radius 2 is 1.63 bits per heavy atom. The first-order valence-electron chi connectivity index (χ1n) is 15.9. The summed E-state index contributed by atoms with van der Waals surface area (Å²) in [7, 11) is 2.19. The van der Waals surface area contributed by atoms with E-state index in [1.165, 1.54) is 36.2 Å². The number of nitrogens with one attached hydrogen (secondary N) is 2. The van der Waals surface area contributed by atoms with Gasteiger partial charge in [0.1, 0.15) is 11.6 Å². The molecule has 0 amide bonds. The summed E-state index contributed by atoms with van der Waals surface area (Å²) in [5, 5.41) is 0. The number of hydrogen-bond acceptors (Lipinski definition) is 5. The number of rotatable bonds is 13. The molecule has 0 bridgehead atoms. The monoisotopic (exact) mass is 597 g/mol. The molecule has 3 aromatic carbocycles. The van der Waals surface area contributed by atoms with Crippen LogP contribution >= 0.6 is 11.6 Å². The van der Waals surface area contributed by atoms with Gasteiger partial charge in [-0.3, -0.25) is 0 Å². The Morgan fingerprint density at radius 1 is 0.837 bits per heavy atom. The molecular weight excluding hydrogens is 554 g/mol. The zero-order chi connectivity index (χ0) is 29.6. The maximum absolute atomic E-state index is 5.95. The lowest BCUT2D eigenvalue weighted by atomic mass is 10.0. The maximum Gasteiger partial charge on any atom is 0.140 e. The number of likely N-dealkylation sites (N-methyl/N-ethyl adjacent to an activating group) is 1. The molecule has 6 rings (SSSR count). The second kappa shape index (κ2) is 13.8. The minimum Gasteiger partial charge on any atom is -0.371 e. The number of para-hydroxylation sites is 1. The fourth-order valence-corrected chi connectivity index (χ4v) is 6.40. The normalized spacial score (nSPS) is 14.3. The van der Waals surface area contributed by atoms with Gasteiger partial charge in [-0.15, -0.1) is 11.6 Å². The summed E-state index contributed by atoms with van der Waals surface area (Å²) in [6.07, 6.45) is 6.88. The summed E-state index contributed by atoms with van der Waals surface area (Å²) >= 11 is 5.95. The number of H-pyrrole nitrogens is 2. The third-order valence-corrected chi connectivity index (χ3v) is 8.99. The number of fused-ring (bicyclic) bond motifs is 2. The highest BCUT2D eigenvalue weighted by molar-refractivity contribution is 6.18. The van der Waals surface area contributed by atoms with Crippen LogP contribution in [-0.4, -0.2) is 77.0 Å². The maximum atomic E-state index is 5.95. The number of benzene rings is 3. The summed E-state index contributed by atoms with van der Waals surface area (Å²) in [5.41, 5.74) is 9.11. The minimum absolute atomic E-state index is 0.657. The second-order valence-corrected chi connectivity index (χ2v) is 12.2. The Kier molecular flexibility index (Phi) is 9.49. The molecule has 0 unspecified atom stereocenters. The van der Waals surface area contributed by atoms with Crippen LogP contribution in [0.2, 0.25) is 0 Å². The van der Waals surface area contributed by atoms with Crippen molar-refractivity contribution < 1.29 is 0 Å². The molecule has 0 spiro atoms. The number of imidazole rings is 2. The molecule has 7 nitrogen and oxygen atoms in total. The van der Waals surface area contributed by atoms with Crippen LogP contribution in [0.3, 0.4) is 0 Å². The molecule has 0 atom stereocenters. The third kappa shape index (κ3) is 7.00. The van der Waals surface area contributed by atoms with Crippen molar-refractivity contribution in [1.82, 2.24) is 24.8 Å². The Morgan fingerprint density at radius 3 is 2.40 bits per heavy atom. The van der Waals surface area contributed by atoms with Crippen LogP contribution in [0.1, 0.15) is 44.0 Å². The molecule has 0 aliphatic carbocycles. The van der Waals surface area contributed by atoms with Gasteiger partial charge in [0.15, 0.2) is 0 Å². The van der Waals surface area contributed by atoms with Crippen molar-refractivity contribution in [1.29, 1.82) is 0 Å². The van der Waals surface area contributed by atoms with E-state index in [1.54, 1.807) is 0 Å². The van der Waals surface area contributed by atoms with Crippen molar-refractivity contribution >= 4 is 45.0 Å².